The molecule has 2 aromatic heterocycles. The second-order valence-electron chi connectivity index (χ2n) is 11.8. The minimum atomic E-state index is -1.29. The lowest BCUT2D eigenvalue weighted by Gasteiger charge is -2.33. The number of fused-ring (bicyclic) bond motifs is 1. The number of likely N-dealkylation sites (N-methyl/N-ethyl adjacent to an activating group) is 1. The number of aliphatic hydroxyl groups excluding tert-OH is 1. The van der Waals surface area contributed by atoms with E-state index in [0.717, 1.165) is 32.2 Å². The quantitative estimate of drug-likeness (QED) is 0.212. The van der Waals surface area contributed by atoms with Crippen LogP contribution in [0.25, 0.3) is 5.52 Å². The Labute approximate surface area is 263 Å². The molecular weight excluding hydrogens is 600 g/mol. The van der Waals surface area contributed by atoms with Crippen LogP contribution >= 0.6 is 0 Å². The fourth-order valence-electron chi connectivity index (χ4n) is 5.38. The lowest BCUT2D eigenvalue weighted by atomic mass is 10.0. The Morgan fingerprint density at radius 2 is 1.67 bits per heavy atom. The number of nitrogens with one attached hydrogen (secondary N) is 2. The summed E-state index contributed by atoms with van der Waals surface area (Å²) in [5.41, 5.74) is 0.339. The van der Waals surface area contributed by atoms with Crippen LogP contribution in [0.3, 0.4) is 0 Å². The van der Waals surface area contributed by atoms with Gasteiger partial charge in [0.2, 0.25) is 17.7 Å². The highest BCUT2D eigenvalue weighted by atomic mass is 19.1. The van der Waals surface area contributed by atoms with Crippen molar-refractivity contribution in [3.63, 3.8) is 0 Å². The molecule has 1 atom stereocenters. The summed E-state index contributed by atoms with van der Waals surface area (Å²) >= 11 is 0. The Kier molecular flexibility index (Phi) is 8.84. The number of halogens is 2. The van der Waals surface area contributed by atoms with Gasteiger partial charge in [-0.2, -0.15) is 10.1 Å². The zero-order valence-corrected chi connectivity index (χ0v) is 25.5. The molecule has 3 heterocycles. The standard InChI is InChI=1S/C32H35F2N7O5/c1-20-27(45-18-24(42)16-40-13-11-39(2)12-14-40)17-41-28(20)29(35-19-36-41)46-26-8-7-23(15-25(26)34)38-31(44)32(9-10-32)30(43)37-22-5-3-21(33)4-6-22/h3-8,15,17,19,24,42H,9-14,16,18H2,1-2H3,(H,37,43)(H,38,44). The third-order valence-corrected chi connectivity index (χ3v) is 8.36. The van der Waals surface area contributed by atoms with Crippen molar-refractivity contribution >= 4 is 28.7 Å². The predicted octanol–water partition coefficient (Wildman–Crippen LogP) is 3.45. The SMILES string of the molecule is Cc1c(OCC(O)CN2CCN(C)CC2)cn2ncnc(Oc3ccc(NC(=O)C4(C(=O)Nc5ccc(F)cc5)CC4)cc3F)c12. The molecule has 242 valence electrons. The Hall–Kier alpha value is -4.66. The molecule has 0 bridgehead atoms. The molecule has 1 saturated carbocycles. The average Bonchev–Trinajstić information content (AvgIpc) is 3.79. The minimum Gasteiger partial charge on any atom is -0.489 e. The summed E-state index contributed by atoms with van der Waals surface area (Å²) < 4.78 is 41.7. The molecule has 2 amide bonds. The van der Waals surface area contributed by atoms with Crippen molar-refractivity contribution < 1.29 is 33.0 Å². The number of piperazine rings is 1. The molecule has 0 spiro atoms. The predicted molar refractivity (Wildman–Crippen MR) is 165 cm³/mol. The van der Waals surface area contributed by atoms with Crippen LogP contribution in [0.5, 0.6) is 17.4 Å². The van der Waals surface area contributed by atoms with Crippen molar-refractivity contribution in [3.8, 4) is 17.4 Å². The lowest BCUT2D eigenvalue weighted by Crippen LogP contribution is -2.47. The first-order chi connectivity index (χ1) is 22.1. The smallest absolute Gasteiger partial charge is 0.247 e. The van der Waals surface area contributed by atoms with Crippen molar-refractivity contribution in [2.75, 3.05) is 57.0 Å². The lowest BCUT2D eigenvalue weighted by molar-refractivity contribution is -0.131. The first-order valence-corrected chi connectivity index (χ1v) is 15.0. The number of benzene rings is 2. The molecule has 1 unspecified atom stereocenters. The summed E-state index contributed by atoms with van der Waals surface area (Å²) in [4.78, 5) is 34.5. The normalized spacial score (nSPS) is 17.0. The molecule has 46 heavy (non-hydrogen) atoms. The molecule has 0 radical (unpaired) electrons. The average molecular weight is 636 g/mol. The van der Waals surface area contributed by atoms with Gasteiger partial charge in [0, 0.05) is 55.7 Å². The molecule has 14 heteroatoms. The van der Waals surface area contributed by atoms with Gasteiger partial charge in [-0.05, 0) is 63.2 Å². The zero-order valence-electron chi connectivity index (χ0n) is 25.5. The van der Waals surface area contributed by atoms with E-state index in [9.17, 15) is 19.1 Å². The van der Waals surface area contributed by atoms with E-state index in [2.05, 4.69) is 37.6 Å². The largest absolute Gasteiger partial charge is 0.489 e. The van der Waals surface area contributed by atoms with Crippen molar-refractivity contribution in [2.24, 2.45) is 5.41 Å². The number of aromatic nitrogens is 3. The number of β-amino-alcohol motifs (C(OH)–C–C–N with tert-alkyl or cyclic N) is 1. The molecular formula is C32H35F2N7O5. The second kappa shape index (κ2) is 13.0. The molecule has 6 rings (SSSR count). The monoisotopic (exact) mass is 635 g/mol. The Bertz CT molecular complexity index is 1740. The van der Waals surface area contributed by atoms with Gasteiger partial charge in [-0.3, -0.25) is 14.5 Å². The van der Waals surface area contributed by atoms with Crippen LogP contribution in [-0.4, -0.2) is 93.8 Å². The van der Waals surface area contributed by atoms with E-state index in [4.69, 9.17) is 9.47 Å². The van der Waals surface area contributed by atoms with Crippen LogP contribution in [0.2, 0.25) is 0 Å². The van der Waals surface area contributed by atoms with Gasteiger partial charge in [0.1, 0.15) is 41.5 Å². The molecule has 4 aromatic rings. The topological polar surface area (TPSA) is 134 Å². The zero-order chi connectivity index (χ0) is 32.4. The maximum absolute atomic E-state index is 15.2. The fraction of sp³-hybridized carbons (Fsp3) is 0.375. The number of carbonyl (C=O) groups excluding carboxylic acids is 2. The van der Waals surface area contributed by atoms with Gasteiger partial charge in [-0.1, -0.05) is 0 Å². The highest BCUT2D eigenvalue weighted by Crippen LogP contribution is 2.47. The van der Waals surface area contributed by atoms with Crippen molar-refractivity contribution in [1.82, 2.24) is 24.4 Å². The summed E-state index contributed by atoms with van der Waals surface area (Å²) in [5, 5.41) is 20.0. The number of nitrogens with zero attached hydrogens (tertiary/aromatic N) is 5. The first-order valence-electron chi connectivity index (χ1n) is 15.0. The fourth-order valence-corrected chi connectivity index (χ4v) is 5.38. The number of aliphatic hydroxyl groups is 1. The van der Waals surface area contributed by atoms with E-state index in [1.54, 1.807) is 13.1 Å². The number of hydrogen-bond acceptors (Lipinski definition) is 9. The molecule has 1 aliphatic heterocycles. The van der Waals surface area contributed by atoms with Gasteiger partial charge >= 0.3 is 0 Å². The van der Waals surface area contributed by atoms with Crippen molar-refractivity contribution in [1.29, 1.82) is 0 Å². The molecule has 12 nitrogen and oxygen atoms in total. The number of hydrogen-bond donors (Lipinski definition) is 3. The number of anilines is 2. The summed E-state index contributed by atoms with van der Waals surface area (Å²) in [6, 6.07) is 9.15. The van der Waals surface area contributed by atoms with Gasteiger partial charge in [0.05, 0.1) is 6.20 Å². The van der Waals surface area contributed by atoms with E-state index in [1.165, 1.54) is 47.2 Å². The van der Waals surface area contributed by atoms with E-state index >= 15 is 4.39 Å². The van der Waals surface area contributed by atoms with Gasteiger partial charge in [0.15, 0.2) is 11.6 Å². The van der Waals surface area contributed by atoms with Crippen LogP contribution < -0.4 is 20.1 Å². The summed E-state index contributed by atoms with van der Waals surface area (Å²) in [5.74, 6) is -1.85. The van der Waals surface area contributed by atoms with Crippen LogP contribution in [0, 0.1) is 24.0 Å². The van der Waals surface area contributed by atoms with Crippen LogP contribution in [-0.2, 0) is 9.59 Å². The third kappa shape index (κ3) is 6.78. The van der Waals surface area contributed by atoms with E-state index in [1.807, 2.05) is 0 Å². The van der Waals surface area contributed by atoms with Crippen molar-refractivity contribution in [2.45, 2.75) is 25.9 Å². The third-order valence-electron chi connectivity index (χ3n) is 8.36. The highest BCUT2D eigenvalue weighted by Gasteiger charge is 2.56. The van der Waals surface area contributed by atoms with Crippen LogP contribution in [0.4, 0.5) is 20.2 Å². The molecule has 2 aliphatic rings. The highest BCUT2D eigenvalue weighted by molar-refractivity contribution is 6.16. The summed E-state index contributed by atoms with van der Waals surface area (Å²) in [6.07, 6.45) is 2.90. The summed E-state index contributed by atoms with van der Waals surface area (Å²) in [7, 11) is 2.08. The molecule has 3 N–H and O–H groups in total. The van der Waals surface area contributed by atoms with E-state index in [-0.39, 0.29) is 23.9 Å². The molecule has 1 saturated heterocycles. The Morgan fingerprint density at radius 1 is 1.00 bits per heavy atom. The molecule has 2 aromatic carbocycles. The number of amides is 2. The minimum absolute atomic E-state index is 0.0880. The van der Waals surface area contributed by atoms with E-state index in [0.29, 0.717) is 41.9 Å². The number of aryl methyl sites for hydroxylation is 1. The maximum Gasteiger partial charge on any atom is 0.247 e. The first kappa shape index (κ1) is 31.3. The second-order valence-corrected chi connectivity index (χ2v) is 11.8. The summed E-state index contributed by atoms with van der Waals surface area (Å²) in [6.45, 7) is 6.08. The van der Waals surface area contributed by atoms with Gasteiger partial charge in [-0.15, -0.1) is 0 Å². The van der Waals surface area contributed by atoms with Gasteiger partial charge in [-0.25, -0.2) is 13.3 Å². The number of ether oxygens (including phenoxy) is 2. The molecule has 1 aliphatic carbocycles. The van der Waals surface area contributed by atoms with Gasteiger partial charge < -0.3 is 30.1 Å². The van der Waals surface area contributed by atoms with Crippen molar-refractivity contribution in [3.05, 3.63) is 72.2 Å². The number of carbonyl (C=O) groups is 2. The van der Waals surface area contributed by atoms with E-state index < -0.39 is 35.0 Å². The van der Waals surface area contributed by atoms with Gasteiger partial charge in [0.25, 0.3) is 0 Å². The van der Waals surface area contributed by atoms with Crippen LogP contribution in [0.15, 0.2) is 55.0 Å². The van der Waals surface area contributed by atoms with Crippen LogP contribution in [0.1, 0.15) is 18.4 Å². The maximum atomic E-state index is 15.2. The molecule has 2 fully saturated rings. The number of rotatable bonds is 11. The Balaban J connectivity index is 1.09. The Morgan fingerprint density at radius 3 is 2.35 bits per heavy atom.